The summed E-state index contributed by atoms with van der Waals surface area (Å²) in [5.41, 5.74) is 5.35. The second-order valence-electron chi connectivity index (χ2n) is 6.49. The van der Waals surface area contributed by atoms with Gasteiger partial charge in [-0.1, -0.05) is 6.07 Å². The summed E-state index contributed by atoms with van der Waals surface area (Å²) in [5.74, 6) is 1.22. The average Bonchev–Trinajstić information content (AvgIpc) is 2.58. The van der Waals surface area contributed by atoms with Gasteiger partial charge in [-0.05, 0) is 73.9 Å². The lowest BCUT2D eigenvalue weighted by atomic mass is 9.81. The summed E-state index contributed by atoms with van der Waals surface area (Å²) >= 11 is 0. The van der Waals surface area contributed by atoms with Crippen LogP contribution in [0.1, 0.15) is 47.6 Å². The van der Waals surface area contributed by atoms with E-state index in [1.54, 1.807) is 13.3 Å². The molecule has 4 nitrogen and oxygen atoms in total. The Bertz CT molecular complexity index is 735. The van der Waals surface area contributed by atoms with Crippen molar-refractivity contribution in [2.24, 2.45) is 0 Å². The highest BCUT2D eigenvalue weighted by Crippen LogP contribution is 2.36. The van der Waals surface area contributed by atoms with Gasteiger partial charge in [-0.25, -0.2) is 0 Å². The zero-order valence-corrected chi connectivity index (χ0v) is 14.6. The van der Waals surface area contributed by atoms with Gasteiger partial charge in [-0.15, -0.1) is 0 Å². The van der Waals surface area contributed by atoms with Crippen LogP contribution < -0.4 is 10.1 Å². The summed E-state index contributed by atoms with van der Waals surface area (Å²) in [5, 5.41) is 3.05. The molecule has 0 spiro atoms. The molecule has 0 aliphatic heterocycles. The molecule has 1 aliphatic carbocycles. The molecule has 0 saturated carbocycles. The molecular weight excluding hydrogens is 300 g/mol. The number of nitrogens with one attached hydrogen (secondary N) is 1. The topological polar surface area (TPSA) is 51.2 Å². The first-order valence-electron chi connectivity index (χ1n) is 8.47. The molecule has 126 valence electrons. The van der Waals surface area contributed by atoms with Gasteiger partial charge in [0.15, 0.2) is 0 Å². The lowest BCUT2D eigenvalue weighted by Crippen LogP contribution is -2.20. The van der Waals surface area contributed by atoms with Crippen molar-refractivity contribution in [2.45, 2.75) is 45.4 Å². The van der Waals surface area contributed by atoms with E-state index in [0.29, 0.717) is 6.42 Å². The van der Waals surface area contributed by atoms with Crippen LogP contribution in [0, 0.1) is 13.8 Å². The fourth-order valence-electron chi connectivity index (χ4n) is 3.53. The van der Waals surface area contributed by atoms with Crippen LogP contribution in [0.5, 0.6) is 5.75 Å². The molecule has 0 fully saturated rings. The Labute approximate surface area is 143 Å². The van der Waals surface area contributed by atoms with Gasteiger partial charge in [0.05, 0.1) is 18.5 Å². The SMILES string of the molecule is COc1ccc2c(c1)CCCC2CC(=O)Nc1c(C)ccnc1C. The summed E-state index contributed by atoms with van der Waals surface area (Å²) in [4.78, 5) is 16.8. The van der Waals surface area contributed by atoms with Gasteiger partial charge in [0.25, 0.3) is 0 Å². The van der Waals surface area contributed by atoms with Crippen LogP contribution in [0.3, 0.4) is 0 Å². The number of ether oxygens (including phenoxy) is 1. The molecule has 2 aromatic rings. The van der Waals surface area contributed by atoms with E-state index in [0.717, 1.165) is 42.0 Å². The van der Waals surface area contributed by atoms with E-state index in [2.05, 4.69) is 22.4 Å². The van der Waals surface area contributed by atoms with Crippen LogP contribution >= 0.6 is 0 Å². The minimum Gasteiger partial charge on any atom is -0.497 e. The maximum Gasteiger partial charge on any atom is 0.225 e. The standard InChI is InChI=1S/C20H24N2O2/c1-13-9-10-21-14(2)20(13)22-19(23)12-16-6-4-5-15-11-17(24-3)7-8-18(15)16/h7-11,16H,4-6,12H2,1-3H3,(H,22,23). The van der Waals surface area contributed by atoms with E-state index < -0.39 is 0 Å². The number of hydrogen-bond donors (Lipinski definition) is 1. The first kappa shape index (κ1) is 16.5. The number of amides is 1. The lowest BCUT2D eigenvalue weighted by molar-refractivity contribution is -0.116. The second kappa shape index (κ2) is 7.04. The number of aromatic nitrogens is 1. The van der Waals surface area contributed by atoms with Crippen molar-refractivity contribution in [3.63, 3.8) is 0 Å². The van der Waals surface area contributed by atoms with E-state index in [4.69, 9.17) is 4.74 Å². The van der Waals surface area contributed by atoms with Crippen molar-refractivity contribution in [3.05, 3.63) is 52.8 Å². The first-order valence-corrected chi connectivity index (χ1v) is 8.47. The van der Waals surface area contributed by atoms with Crippen LogP contribution in [0.25, 0.3) is 0 Å². The number of pyridine rings is 1. The second-order valence-corrected chi connectivity index (χ2v) is 6.49. The van der Waals surface area contributed by atoms with Gasteiger partial charge >= 0.3 is 0 Å². The van der Waals surface area contributed by atoms with E-state index in [1.807, 2.05) is 26.0 Å². The van der Waals surface area contributed by atoms with Gasteiger partial charge in [-0.3, -0.25) is 9.78 Å². The number of hydrogen-bond acceptors (Lipinski definition) is 3. The maximum atomic E-state index is 12.6. The normalized spacial score (nSPS) is 16.4. The summed E-state index contributed by atoms with van der Waals surface area (Å²) < 4.78 is 5.32. The molecule has 24 heavy (non-hydrogen) atoms. The Morgan fingerprint density at radius 3 is 2.92 bits per heavy atom. The number of aryl methyl sites for hydroxylation is 3. The molecule has 1 heterocycles. The van der Waals surface area contributed by atoms with Crippen LogP contribution in [0.4, 0.5) is 5.69 Å². The lowest BCUT2D eigenvalue weighted by Gasteiger charge is -2.25. The van der Waals surface area contributed by atoms with E-state index >= 15 is 0 Å². The number of anilines is 1. The fourth-order valence-corrected chi connectivity index (χ4v) is 3.53. The monoisotopic (exact) mass is 324 g/mol. The third kappa shape index (κ3) is 3.42. The maximum absolute atomic E-state index is 12.6. The third-order valence-electron chi connectivity index (χ3n) is 4.83. The fraction of sp³-hybridized carbons (Fsp3) is 0.400. The highest BCUT2D eigenvalue weighted by atomic mass is 16.5. The van der Waals surface area contributed by atoms with Crippen molar-refractivity contribution in [2.75, 3.05) is 12.4 Å². The molecule has 1 aromatic carbocycles. The van der Waals surface area contributed by atoms with E-state index in [-0.39, 0.29) is 11.8 Å². The molecular formula is C20H24N2O2. The van der Waals surface area contributed by atoms with Gasteiger partial charge in [-0.2, -0.15) is 0 Å². The van der Waals surface area contributed by atoms with Crippen LogP contribution in [-0.2, 0) is 11.2 Å². The van der Waals surface area contributed by atoms with E-state index in [1.165, 1.54) is 11.1 Å². The smallest absolute Gasteiger partial charge is 0.225 e. The summed E-state index contributed by atoms with van der Waals surface area (Å²) in [6.45, 7) is 3.91. The quantitative estimate of drug-likeness (QED) is 0.919. The molecule has 1 unspecified atom stereocenters. The molecule has 4 heteroatoms. The number of carbonyl (C=O) groups is 1. The van der Waals surface area contributed by atoms with Crippen LogP contribution in [0.2, 0.25) is 0 Å². The number of rotatable bonds is 4. The molecule has 1 aromatic heterocycles. The Hall–Kier alpha value is -2.36. The van der Waals surface area contributed by atoms with Gasteiger partial charge in [0, 0.05) is 12.6 Å². The molecule has 1 amide bonds. The van der Waals surface area contributed by atoms with Crippen molar-refractivity contribution < 1.29 is 9.53 Å². The van der Waals surface area contributed by atoms with Crippen molar-refractivity contribution in [1.82, 2.24) is 4.98 Å². The summed E-state index contributed by atoms with van der Waals surface area (Å²) in [6.07, 6.45) is 5.50. The Kier molecular flexibility index (Phi) is 4.84. The Morgan fingerprint density at radius 2 is 2.17 bits per heavy atom. The van der Waals surface area contributed by atoms with E-state index in [9.17, 15) is 4.79 Å². The summed E-state index contributed by atoms with van der Waals surface area (Å²) in [6, 6.07) is 8.13. The number of nitrogens with zero attached hydrogens (tertiary/aromatic N) is 1. The predicted octanol–water partition coefficient (Wildman–Crippen LogP) is 4.16. The first-order chi connectivity index (χ1) is 11.6. The van der Waals surface area contributed by atoms with Crippen LogP contribution in [0.15, 0.2) is 30.5 Å². The molecule has 1 atom stereocenters. The van der Waals surface area contributed by atoms with Gasteiger partial charge in [0.2, 0.25) is 5.91 Å². The molecule has 0 bridgehead atoms. The highest BCUT2D eigenvalue weighted by molar-refractivity contribution is 5.92. The van der Waals surface area contributed by atoms with Gasteiger partial charge in [0.1, 0.15) is 5.75 Å². The Morgan fingerprint density at radius 1 is 1.33 bits per heavy atom. The predicted molar refractivity (Wildman–Crippen MR) is 95.6 cm³/mol. The highest BCUT2D eigenvalue weighted by Gasteiger charge is 2.23. The number of carbonyl (C=O) groups excluding carboxylic acids is 1. The molecule has 0 radical (unpaired) electrons. The largest absolute Gasteiger partial charge is 0.497 e. The van der Waals surface area contributed by atoms with Crippen molar-refractivity contribution in [3.8, 4) is 5.75 Å². The van der Waals surface area contributed by atoms with Crippen LogP contribution in [-0.4, -0.2) is 18.0 Å². The van der Waals surface area contributed by atoms with Crippen molar-refractivity contribution in [1.29, 1.82) is 0 Å². The zero-order chi connectivity index (χ0) is 17.1. The minimum absolute atomic E-state index is 0.0582. The third-order valence-corrected chi connectivity index (χ3v) is 4.83. The molecule has 3 rings (SSSR count). The molecule has 1 N–H and O–H groups in total. The average molecular weight is 324 g/mol. The van der Waals surface area contributed by atoms with Crippen molar-refractivity contribution >= 4 is 11.6 Å². The number of methoxy groups -OCH3 is 1. The minimum atomic E-state index is 0.0582. The number of fused-ring (bicyclic) bond motifs is 1. The van der Waals surface area contributed by atoms with Gasteiger partial charge < -0.3 is 10.1 Å². The number of benzene rings is 1. The summed E-state index contributed by atoms with van der Waals surface area (Å²) in [7, 11) is 1.69. The zero-order valence-electron chi connectivity index (χ0n) is 14.6. The molecule has 0 saturated heterocycles. The Balaban J connectivity index is 1.74. The molecule has 1 aliphatic rings.